The fourth-order valence-electron chi connectivity index (χ4n) is 4.37. The van der Waals surface area contributed by atoms with Gasteiger partial charge < -0.3 is 10.6 Å². The molecule has 1 aliphatic heterocycles. The summed E-state index contributed by atoms with van der Waals surface area (Å²) in [4.78, 5) is 11.8. The first-order valence-electron chi connectivity index (χ1n) is 10.4. The maximum absolute atomic E-state index is 4.72. The van der Waals surface area contributed by atoms with Gasteiger partial charge in [-0.3, -0.25) is 9.89 Å². The predicted molar refractivity (Wildman–Crippen MR) is 115 cm³/mol. The van der Waals surface area contributed by atoms with E-state index in [0.29, 0.717) is 6.04 Å². The Morgan fingerprint density at radius 3 is 2.93 bits per heavy atom. The van der Waals surface area contributed by atoms with Crippen LogP contribution < -0.4 is 10.6 Å². The number of aryl methyl sites for hydroxylation is 1. The van der Waals surface area contributed by atoms with Gasteiger partial charge in [-0.05, 0) is 37.8 Å². The Labute approximate surface area is 166 Å². The van der Waals surface area contributed by atoms with Gasteiger partial charge in [0.25, 0.3) is 0 Å². The largest absolute Gasteiger partial charge is 0.356 e. The number of nitrogens with one attached hydrogen (secondary N) is 2. The van der Waals surface area contributed by atoms with E-state index in [2.05, 4.69) is 44.8 Å². The van der Waals surface area contributed by atoms with Crippen molar-refractivity contribution in [2.45, 2.75) is 57.0 Å². The summed E-state index contributed by atoms with van der Waals surface area (Å²) in [7, 11) is 1.87. The number of para-hydroxylation sites is 1. The van der Waals surface area contributed by atoms with Crippen LogP contribution in [0.1, 0.15) is 43.5 Å². The summed E-state index contributed by atoms with van der Waals surface area (Å²) in [5, 5.41) is 8.33. The van der Waals surface area contributed by atoms with Gasteiger partial charge in [-0.25, -0.2) is 4.98 Å². The molecule has 2 heterocycles. The van der Waals surface area contributed by atoms with Crippen LogP contribution in [0, 0.1) is 0 Å². The maximum Gasteiger partial charge on any atom is 0.191 e. The Balaban J connectivity index is 1.18. The highest BCUT2D eigenvalue weighted by Gasteiger charge is 2.30. The van der Waals surface area contributed by atoms with Gasteiger partial charge in [-0.15, -0.1) is 11.3 Å². The Morgan fingerprint density at radius 1 is 1.26 bits per heavy atom. The molecule has 2 aromatic rings. The first-order valence-corrected chi connectivity index (χ1v) is 11.2. The van der Waals surface area contributed by atoms with Crippen molar-refractivity contribution in [3.05, 3.63) is 29.3 Å². The molecule has 5 nitrogen and oxygen atoms in total. The van der Waals surface area contributed by atoms with E-state index in [0.717, 1.165) is 43.4 Å². The van der Waals surface area contributed by atoms with E-state index >= 15 is 0 Å². The van der Waals surface area contributed by atoms with E-state index < -0.39 is 0 Å². The molecule has 0 amide bonds. The Bertz CT molecular complexity index is 732. The molecule has 6 heteroatoms. The number of thiazole rings is 1. The Morgan fingerprint density at radius 2 is 2.11 bits per heavy atom. The second kappa shape index (κ2) is 9.02. The standard InChI is InChI=1S/C21H31N5S/c1-22-21(24-16-12-14-26(15-16)17-7-2-3-8-17)23-13-6-11-20-25-18-9-4-5-10-19(18)27-20/h4-5,9-10,16-17H,2-3,6-8,11-15H2,1H3,(H2,22,23,24). The van der Waals surface area contributed by atoms with Gasteiger partial charge in [0.15, 0.2) is 5.96 Å². The second-order valence-corrected chi connectivity index (χ2v) is 8.86. The van der Waals surface area contributed by atoms with Crippen molar-refractivity contribution in [1.29, 1.82) is 0 Å². The van der Waals surface area contributed by atoms with Crippen molar-refractivity contribution in [1.82, 2.24) is 20.5 Å². The molecule has 0 bridgehead atoms. The van der Waals surface area contributed by atoms with Crippen molar-refractivity contribution in [3.63, 3.8) is 0 Å². The lowest BCUT2D eigenvalue weighted by Crippen LogP contribution is -2.45. The number of hydrogen-bond donors (Lipinski definition) is 2. The van der Waals surface area contributed by atoms with E-state index in [-0.39, 0.29) is 0 Å². The van der Waals surface area contributed by atoms with Crippen molar-refractivity contribution in [2.75, 3.05) is 26.7 Å². The molecule has 146 valence electrons. The molecule has 2 aliphatic rings. The van der Waals surface area contributed by atoms with Crippen molar-refractivity contribution in [2.24, 2.45) is 4.99 Å². The number of aromatic nitrogens is 1. The number of rotatable bonds is 6. The van der Waals surface area contributed by atoms with Crippen LogP contribution in [0.3, 0.4) is 0 Å². The van der Waals surface area contributed by atoms with Gasteiger partial charge in [0.05, 0.1) is 15.2 Å². The molecule has 1 atom stereocenters. The fourth-order valence-corrected chi connectivity index (χ4v) is 5.38. The highest BCUT2D eigenvalue weighted by Crippen LogP contribution is 2.26. The zero-order chi connectivity index (χ0) is 18.5. The molecule has 1 unspecified atom stereocenters. The van der Waals surface area contributed by atoms with Crippen LogP contribution in [-0.4, -0.2) is 54.6 Å². The van der Waals surface area contributed by atoms with Gasteiger partial charge in [-0.2, -0.15) is 0 Å². The highest BCUT2D eigenvalue weighted by atomic mass is 32.1. The summed E-state index contributed by atoms with van der Waals surface area (Å²) in [6, 6.07) is 9.74. The lowest BCUT2D eigenvalue weighted by Gasteiger charge is -2.24. The molecule has 0 radical (unpaired) electrons. The molecular weight excluding hydrogens is 354 g/mol. The number of likely N-dealkylation sites (tertiary alicyclic amines) is 1. The van der Waals surface area contributed by atoms with Crippen LogP contribution in [0.2, 0.25) is 0 Å². The highest BCUT2D eigenvalue weighted by molar-refractivity contribution is 7.18. The monoisotopic (exact) mass is 385 g/mol. The summed E-state index contributed by atoms with van der Waals surface area (Å²) < 4.78 is 1.28. The minimum Gasteiger partial charge on any atom is -0.356 e. The quantitative estimate of drug-likeness (QED) is 0.455. The predicted octanol–water partition coefficient (Wildman–Crippen LogP) is 3.41. The molecule has 1 aromatic carbocycles. The lowest BCUT2D eigenvalue weighted by atomic mass is 10.2. The SMILES string of the molecule is CN=C(NCCCc1nc2ccccc2s1)NC1CCN(C2CCCC2)C1. The Hall–Kier alpha value is -1.66. The van der Waals surface area contributed by atoms with Crippen LogP contribution in [0.25, 0.3) is 10.2 Å². The van der Waals surface area contributed by atoms with Crippen molar-refractivity contribution in [3.8, 4) is 0 Å². The molecule has 1 saturated heterocycles. The molecule has 1 aromatic heterocycles. The third kappa shape index (κ3) is 4.79. The van der Waals surface area contributed by atoms with Crippen LogP contribution in [0.5, 0.6) is 0 Å². The molecule has 1 aliphatic carbocycles. The molecule has 4 rings (SSSR count). The van der Waals surface area contributed by atoms with E-state index in [9.17, 15) is 0 Å². The molecule has 1 saturated carbocycles. The van der Waals surface area contributed by atoms with E-state index in [1.165, 1.54) is 48.4 Å². The van der Waals surface area contributed by atoms with E-state index in [1.54, 1.807) is 0 Å². The fraction of sp³-hybridized carbons (Fsp3) is 0.619. The minimum atomic E-state index is 0.529. The average Bonchev–Trinajstić information content (AvgIpc) is 3.44. The first kappa shape index (κ1) is 18.7. The number of nitrogens with zero attached hydrogens (tertiary/aromatic N) is 3. The third-order valence-electron chi connectivity index (χ3n) is 5.82. The zero-order valence-electron chi connectivity index (χ0n) is 16.3. The molecular formula is C21H31N5S. The number of hydrogen-bond acceptors (Lipinski definition) is 4. The Kier molecular flexibility index (Phi) is 6.24. The molecule has 2 N–H and O–H groups in total. The first-order chi connectivity index (χ1) is 13.3. The maximum atomic E-state index is 4.72. The lowest BCUT2D eigenvalue weighted by molar-refractivity contribution is 0.242. The van der Waals surface area contributed by atoms with E-state index in [1.807, 2.05) is 18.4 Å². The van der Waals surface area contributed by atoms with Crippen LogP contribution >= 0.6 is 11.3 Å². The van der Waals surface area contributed by atoms with Crippen LogP contribution in [0.15, 0.2) is 29.3 Å². The van der Waals surface area contributed by atoms with Crippen LogP contribution in [0.4, 0.5) is 0 Å². The van der Waals surface area contributed by atoms with Crippen molar-refractivity contribution >= 4 is 27.5 Å². The average molecular weight is 386 g/mol. The topological polar surface area (TPSA) is 52.6 Å². The molecule has 27 heavy (non-hydrogen) atoms. The number of benzene rings is 1. The summed E-state index contributed by atoms with van der Waals surface area (Å²) in [6.07, 6.45) is 8.93. The molecule has 2 fully saturated rings. The molecule has 0 spiro atoms. The van der Waals surface area contributed by atoms with Gasteiger partial charge in [0.2, 0.25) is 0 Å². The van der Waals surface area contributed by atoms with Gasteiger partial charge in [0.1, 0.15) is 0 Å². The smallest absolute Gasteiger partial charge is 0.191 e. The number of guanidine groups is 1. The normalized spacial score (nSPS) is 22.0. The minimum absolute atomic E-state index is 0.529. The summed E-state index contributed by atoms with van der Waals surface area (Å²) in [5.41, 5.74) is 1.12. The summed E-state index contributed by atoms with van der Waals surface area (Å²) >= 11 is 1.81. The summed E-state index contributed by atoms with van der Waals surface area (Å²) in [6.45, 7) is 3.32. The number of fused-ring (bicyclic) bond motifs is 1. The van der Waals surface area contributed by atoms with Gasteiger partial charge >= 0.3 is 0 Å². The second-order valence-electron chi connectivity index (χ2n) is 7.74. The third-order valence-corrected chi connectivity index (χ3v) is 6.92. The van der Waals surface area contributed by atoms with Gasteiger partial charge in [-0.1, -0.05) is 25.0 Å². The van der Waals surface area contributed by atoms with E-state index in [4.69, 9.17) is 4.98 Å². The van der Waals surface area contributed by atoms with Crippen LogP contribution in [-0.2, 0) is 6.42 Å². The summed E-state index contributed by atoms with van der Waals surface area (Å²) in [5.74, 6) is 0.942. The van der Waals surface area contributed by atoms with Gasteiger partial charge in [0, 0.05) is 45.2 Å². The number of aliphatic imine (C=N–C) groups is 1. The zero-order valence-corrected chi connectivity index (χ0v) is 17.1. The van der Waals surface area contributed by atoms with Crippen molar-refractivity contribution < 1.29 is 0 Å².